The molecular weight excluding hydrogens is 773 g/mol. The average molecular weight is 863 g/mol. The number of hydrogen-bond donors (Lipinski definition) is 0. The van der Waals surface area contributed by atoms with Gasteiger partial charge in [-0.25, -0.2) is 0 Å². The number of methoxy groups -OCH3 is 1. The maximum atomic E-state index is 12.8. The molecule has 0 aromatic carbocycles. The highest BCUT2D eigenvalue weighted by Crippen LogP contribution is 2.27. The third-order valence-electron chi connectivity index (χ3n) is 12.4. The minimum Gasteiger partial charge on any atom is -0.492 e. The van der Waals surface area contributed by atoms with Gasteiger partial charge in [0.05, 0.1) is 7.11 Å². The number of carbonyl (C=O) groups excluding carboxylic acids is 3. The summed E-state index contributed by atoms with van der Waals surface area (Å²) in [4.78, 5) is 36.8. The van der Waals surface area contributed by atoms with Crippen LogP contribution in [-0.2, 0) is 19.1 Å². The summed E-state index contributed by atoms with van der Waals surface area (Å²) in [7, 11) is 1.31. The van der Waals surface area contributed by atoms with E-state index in [1.165, 1.54) is 103 Å². The number of carbonyl (C=O) groups is 3. The van der Waals surface area contributed by atoms with Crippen LogP contribution in [0, 0.1) is 5.92 Å². The number of hydrogen-bond acceptors (Lipinski definition) is 4. The molecule has 0 bridgehead atoms. The third kappa shape index (κ3) is 26.4. The van der Waals surface area contributed by atoms with Gasteiger partial charge in [-0.05, 0) is 204 Å². The molecule has 0 saturated heterocycles. The molecule has 0 fully saturated rings. The number of rotatable bonds is 32. The summed E-state index contributed by atoms with van der Waals surface area (Å²) in [6.45, 7) is 26.4. The standard InChI is InChI=1S/C59H90O4/c1-44(2)23-14-24-45(3)25-15-26-46(4)27-16-28-47(5)29-17-30-48(6)31-18-32-49(7)33-19-34-50(8)35-20-36-51(9)37-21-38-52(10)39-22-40-53(11)41-42-55-54(12)57(61)59(63-13)56(43-60)58(55)62/h23,25,27,29,31,33,37,39,41,43,50H,14-22,24,26,28,30,32,34-36,38,40,42H2,1-13H3/b45-25+,46-27+,47-29+,48-31+,49-33+,51-37+,52-39+,53-41+. The molecule has 1 unspecified atom stereocenters. The van der Waals surface area contributed by atoms with Crippen LogP contribution >= 0.6 is 0 Å². The Labute approximate surface area is 387 Å². The van der Waals surface area contributed by atoms with Crippen LogP contribution in [0.1, 0.15) is 212 Å². The van der Waals surface area contributed by atoms with Gasteiger partial charge in [-0.15, -0.1) is 0 Å². The van der Waals surface area contributed by atoms with Crippen molar-refractivity contribution < 1.29 is 19.1 Å². The fourth-order valence-electron chi connectivity index (χ4n) is 7.87. The molecule has 4 nitrogen and oxygen atoms in total. The fraction of sp³-hybridized carbons (Fsp3) is 0.576. The van der Waals surface area contributed by atoms with E-state index in [1.807, 2.05) is 6.08 Å². The normalized spacial score (nSPS) is 16.1. The minimum atomic E-state index is -0.412. The summed E-state index contributed by atoms with van der Waals surface area (Å²) in [5.41, 5.74) is 13.6. The van der Waals surface area contributed by atoms with Crippen LogP contribution < -0.4 is 0 Å². The predicted molar refractivity (Wildman–Crippen MR) is 274 cm³/mol. The largest absolute Gasteiger partial charge is 0.492 e. The van der Waals surface area contributed by atoms with Gasteiger partial charge in [0, 0.05) is 11.1 Å². The number of Topliss-reactive ketones (excluding diaryl/α,β-unsaturated/α-hetero) is 2. The monoisotopic (exact) mass is 863 g/mol. The van der Waals surface area contributed by atoms with Crippen LogP contribution in [0.5, 0.6) is 0 Å². The summed E-state index contributed by atoms with van der Waals surface area (Å²) < 4.78 is 5.04. The van der Waals surface area contributed by atoms with Crippen LogP contribution in [0.15, 0.2) is 127 Å². The zero-order chi connectivity index (χ0) is 47.2. The van der Waals surface area contributed by atoms with Crippen molar-refractivity contribution in [2.45, 2.75) is 212 Å². The zero-order valence-corrected chi connectivity index (χ0v) is 42.6. The Morgan fingerprint density at radius 3 is 1.19 bits per heavy atom. The topological polar surface area (TPSA) is 60.4 Å². The first kappa shape index (κ1) is 57.0. The molecule has 0 aromatic rings. The lowest BCUT2D eigenvalue weighted by Gasteiger charge is -2.18. The minimum absolute atomic E-state index is 0.156. The zero-order valence-electron chi connectivity index (χ0n) is 42.6. The molecule has 63 heavy (non-hydrogen) atoms. The summed E-state index contributed by atoms with van der Waals surface area (Å²) in [5, 5.41) is 0. The second-order valence-electron chi connectivity index (χ2n) is 19.1. The van der Waals surface area contributed by atoms with Gasteiger partial charge in [-0.1, -0.05) is 118 Å². The van der Waals surface area contributed by atoms with Crippen LogP contribution in [0.3, 0.4) is 0 Å². The number of ether oxygens (including phenoxy) is 1. The Morgan fingerprint density at radius 1 is 0.476 bits per heavy atom. The van der Waals surface area contributed by atoms with E-state index in [9.17, 15) is 14.4 Å². The third-order valence-corrected chi connectivity index (χ3v) is 12.4. The van der Waals surface area contributed by atoms with Crippen molar-refractivity contribution >= 4 is 17.9 Å². The lowest BCUT2D eigenvalue weighted by molar-refractivity contribution is -0.120. The van der Waals surface area contributed by atoms with Crippen LogP contribution in [0.4, 0.5) is 0 Å². The highest BCUT2D eigenvalue weighted by molar-refractivity contribution is 6.31. The van der Waals surface area contributed by atoms with Crippen LogP contribution in [-0.4, -0.2) is 25.0 Å². The molecule has 1 aliphatic rings. The van der Waals surface area contributed by atoms with Gasteiger partial charge in [0.25, 0.3) is 0 Å². The molecule has 0 N–H and O–H groups in total. The van der Waals surface area contributed by atoms with E-state index in [0.29, 0.717) is 23.9 Å². The molecule has 1 aliphatic carbocycles. The second-order valence-corrected chi connectivity index (χ2v) is 19.1. The van der Waals surface area contributed by atoms with E-state index in [2.05, 4.69) is 125 Å². The van der Waals surface area contributed by atoms with E-state index < -0.39 is 5.78 Å². The van der Waals surface area contributed by atoms with Gasteiger partial charge < -0.3 is 4.74 Å². The highest BCUT2D eigenvalue weighted by Gasteiger charge is 2.32. The molecule has 0 amide bonds. The Bertz CT molecular complexity index is 1810. The summed E-state index contributed by atoms with van der Waals surface area (Å²) in [5.74, 6) is -0.202. The molecule has 0 aromatic heterocycles. The first-order chi connectivity index (χ1) is 30.0. The molecule has 0 aliphatic heterocycles. The molecule has 350 valence electrons. The molecule has 0 saturated carbocycles. The van der Waals surface area contributed by atoms with E-state index in [-0.39, 0.29) is 17.1 Å². The van der Waals surface area contributed by atoms with Gasteiger partial charge >= 0.3 is 0 Å². The molecule has 0 spiro atoms. The molecule has 1 atom stereocenters. The van der Waals surface area contributed by atoms with Gasteiger partial charge in [0.1, 0.15) is 5.57 Å². The molecule has 1 rings (SSSR count). The quantitative estimate of drug-likeness (QED) is 0.0293. The maximum absolute atomic E-state index is 12.8. The van der Waals surface area contributed by atoms with Crippen molar-refractivity contribution in [3.63, 3.8) is 0 Å². The van der Waals surface area contributed by atoms with Crippen molar-refractivity contribution in [2.75, 3.05) is 7.11 Å². The van der Waals surface area contributed by atoms with Crippen molar-refractivity contribution in [1.82, 2.24) is 0 Å². The lowest BCUT2D eigenvalue weighted by atomic mass is 9.87. The van der Waals surface area contributed by atoms with Crippen molar-refractivity contribution in [3.05, 3.63) is 127 Å². The molecular formula is C59H90O4. The van der Waals surface area contributed by atoms with Crippen molar-refractivity contribution in [1.29, 1.82) is 0 Å². The molecule has 0 heterocycles. The Morgan fingerprint density at radius 2 is 0.825 bits per heavy atom. The van der Waals surface area contributed by atoms with Gasteiger partial charge in [-0.2, -0.15) is 0 Å². The van der Waals surface area contributed by atoms with Gasteiger partial charge in [0.2, 0.25) is 5.78 Å². The predicted octanol–water partition coefficient (Wildman–Crippen LogP) is 17.5. The summed E-state index contributed by atoms with van der Waals surface area (Å²) in [6.07, 6.45) is 43.9. The van der Waals surface area contributed by atoms with Gasteiger partial charge in [0.15, 0.2) is 17.8 Å². The van der Waals surface area contributed by atoms with E-state index in [4.69, 9.17) is 4.74 Å². The molecule has 0 radical (unpaired) electrons. The fourth-order valence-corrected chi connectivity index (χ4v) is 7.87. The van der Waals surface area contributed by atoms with Gasteiger partial charge in [-0.3, -0.25) is 14.4 Å². The van der Waals surface area contributed by atoms with E-state index in [1.54, 1.807) is 6.92 Å². The van der Waals surface area contributed by atoms with E-state index in [0.717, 1.165) is 82.1 Å². The second kappa shape index (κ2) is 33.5. The highest BCUT2D eigenvalue weighted by atomic mass is 16.5. The lowest BCUT2D eigenvalue weighted by Crippen LogP contribution is -2.24. The van der Waals surface area contributed by atoms with Crippen LogP contribution in [0.2, 0.25) is 0 Å². The molecule has 4 heteroatoms. The van der Waals surface area contributed by atoms with Crippen molar-refractivity contribution in [2.24, 2.45) is 5.92 Å². The average Bonchev–Trinajstić information content (AvgIpc) is 3.21. The SMILES string of the molecule is COC1=C(C=O)C(=O)C(C/C=C(\C)CC/C=C(\C)CC/C=C(\C)CCCC(C)CC/C=C(\C)CC/C=C(\C)CC/C=C(\C)CC/C=C(\C)CC/C=C(\C)CCC=C(C)C)=C(C)C1=O. The number of allylic oxidation sites excluding steroid dienone is 21. The first-order valence-electron chi connectivity index (χ1n) is 24.4. The number of aldehydes is 1. The summed E-state index contributed by atoms with van der Waals surface area (Å²) in [6, 6.07) is 0. The van der Waals surface area contributed by atoms with E-state index >= 15 is 0 Å². The number of ketones is 2. The maximum Gasteiger partial charge on any atom is 0.224 e. The Hall–Kier alpha value is -4.05. The van der Waals surface area contributed by atoms with Crippen molar-refractivity contribution in [3.8, 4) is 0 Å². The Balaban J connectivity index is 2.26. The smallest absolute Gasteiger partial charge is 0.224 e. The first-order valence-corrected chi connectivity index (χ1v) is 24.4. The Kier molecular flexibility index (Phi) is 30.3. The van der Waals surface area contributed by atoms with Crippen LogP contribution in [0.25, 0.3) is 0 Å². The summed E-state index contributed by atoms with van der Waals surface area (Å²) >= 11 is 0.